The molecule has 106 valence electrons. The highest BCUT2D eigenvalue weighted by Crippen LogP contribution is 2.31. The first-order chi connectivity index (χ1) is 9.32. The minimum absolute atomic E-state index is 0.0648. The van der Waals surface area contributed by atoms with E-state index >= 15 is 0 Å². The summed E-state index contributed by atoms with van der Waals surface area (Å²) in [6.07, 6.45) is 0. The van der Waals surface area contributed by atoms with E-state index in [1.165, 1.54) is 32.3 Å². The molecule has 2 aromatic carbocycles. The molecule has 0 aromatic heterocycles. The molecule has 0 aliphatic heterocycles. The highest BCUT2D eigenvalue weighted by molar-refractivity contribution is 7.89. The van der Waals surface area contributed by atoms with Crippen LogP contribution in [0.1, 0.15) is 0 Å². The number of sulfonamides is 1. The highest BCUT2D eigenvalue weighted by Gasteiger charge is 2.21. The molecule has 0 heterocycles. The van der Waals surface area contributed by atoms with Crippen molar-refractivity contribution in [1.29, 1.82) is 0 Å². The van der Waals surface area contributed by atoms with E-state index in [2.05, 4.69) is 0 Å². The molecule has 0 atom stereocenters. The molecule has 0 saturated heterocycles. The molecular formula is C14H14FNO3S. The Bertz CT molecular complexity index is 722. The van der Waals surface area contributed by atoms with Gasteiger partial charge < -0.3 is 5.11 Å². The van der Waals surface area contributed by atoms with Crippen LogP contribution in [0.3, 0.4) is 0 Å². The third-order valence-corrected chi connectivity index (χ3v) is 4.71. The van der Waals surface area contributed by atoms with Gasteiger partial charge >= 0.3 is 0 Å². The van der Waals surface area contributed by atoms with Gasteiger partial charge in [0.05, 0.1) is 4.90 Å². The van der Waals surface area contributed by atoms with E-state index in [9.17, 15) is 17.9 Å². The molecule has 2 aromatic rings. The van der Waals surface area contributed by atoms with Crippen molar-refractivity contribution in [1.82, 2.24) is 4.31 Å². The van der Waals surface area contributed by atoms with E-state index in [0.29, 0.717) is 11.1 Å². The highest BCUT2D eigenvalue weighted by atomic mass is 32.2. The van der Waals surface area contributed by atoms with E-state index in [1.54, 1.807) is 18.2 Å². The van der Waals surface area contributed by atoms with Crippen molar-refractivity contribution in [2.24, 2.45) is 0 Å². The topological polar surface area (TPSA) is 57.6 Å². The Balaban J connectivity index is 2.71. The lowest BCUT2D eigenvalue weighted by Crippen LogP contribution is -2.22. The Labute approximate surface area is 117 Å². The summed E-state index contributed by atoms with van der Waals surface area (Å²) in [5.41, 5.74) is 0.652. The van der Waals surface area contributed by atoms with Gasteiger partial charge in [0.2, 0.25) is 10.0 Å². The summed E-state index contributed by atoms with van der Waals surface area (Å²) in [4.78, 5) is 0.0648. The van der Waals surface area contributed by atoms with Crippen LogP contribution in [-0.2, 0) is 10.0 Å². The van der Waals surface area contributed by atoms with Gasteiger partial charge in [-0.1, -0.05) is 18.2 Å². The summed E-state index contributed by atoms with van der Waals surface area (Å²) in [7, 11) is -0.801. The molecule has 1 N–H and O–H groups in total. The molecule has 0 saturated carbocycles. The van der Waals surface area contributed by atoms with E-state index in [4.69, 9.17) is 0 Å². The summed E-state index contributed by atoms with van der Waals surface area (Å²) < 4.78 is 39.0. The Kier molecular flexibility index (Phi) is 3.78. The average Bonchev–Trinajstić information content (AvgIpc) is 2.37. The molecule has 0 aliphatic carbocycles. The normalized spacial score (nSPS) is 11.8. The molecule has 0 amide bonds. The van der Waals surface area contributed by atoms with Crippen LogP contribution >= 0.6 is 0 Å². The molecule has 6 heteroatoms. The van der Waals surface area contributed by atoms with Gasteiger partial charge in [-0.2, -0.15) is 0 Å². The Morgan fingerprint density at radius 1 is 1.10 bits per heavy atom. The van der Waals surface area contributed by atoms with Gasteiger partial charge in [0.15, 0.2) is 0 Å². The summed E-state index contributed by atoms with van der Waals surface area (Å²) in [6.45, 7) is 0. The number of benzene rings is 2. The molecule has 0 radical (unpaired) electrons. The SMILES string of the molecule is CN(C)S(=O)(=O)c1ccccc1-c1cc(O)cc(F)c1. The van der Waals surface area contributed by atoms with Crippen LogP contribution in [0.5, 0.6) is 5.75 Å². The standard InChI is InChI=1S/C14H14FNO3S/c1-16(2)20(18,19)14-6-4-3-5-13(14)10-7-11(15)9-12(17)8-10/h3-9,17H,1-2H3. The molecule has 0 aliphatic rings. The average molecular weight is 295 g/mol. The van der Waals surface area contributed by atoms with Gasteiger partial charge in [-0.25, -0.2) is 17.1 Å². The third kappa shape index (κ3) is 2.66. The number of halogens is 1. The first-order valence-electron chi connectivity index (χ1n) is 5.84. The molecule has 0 fully saturated rings. The lowest BCUT2D eigenvalue weighted by Gasteiger charge is -2.15. The zero-order valence-electron chi connectivity index (χ0n) is 11.0. The van der Waals surface area contributed by atoms with Crippen molar-refractivity contribution in [2.75, 3.05) is 14.1 Å². The Hall–Kier alpha value is -1.92. The van der Waals surface area contributed by atoms with Gasteiger partial charge in [0.25, 0.3) is 0 Å². The van der Waals surface area contributed by atoms with Gasteiger partial charge in [-0.15, -0.1) is 0 Å². The fraction of sp³-hybridized carbons (Fsp3) is 0.143. The maximum Gasteiger partial charge on any atom is 0.243 e. The fourth-order valence-electron chi connectivity index (χ4n) is 1.86. The molecule has 2 rings (SSSR count). The second-order valence-electron chi connectivity index (χ2n) is 4.48. The molecule has 0 spiro atoms. The second-order valence-corrected chi connectivity index (χ2v) is 6.60. The largest absolute Gasteiger partial charge is 0.508 e. The quantitative estimate of drug-likeness (QED) is 0.946. The minimum atomic E-state index is -3.65. The first-order valence-corrected chi connectivity index (χ1v) is 7.28. The van der Waals surface area contributed by atoms with Crippen molar-refractivity contribution >= 4 is 10.0 Å². The van der Waals surface area contributed by atoms with Gasteiger partial charge in [-0.05, 0) is 23.8 Å². The lowest BCUT2D eigenvalue weighted by molar-refractivity contribution is 0.469. The van der Waals surface area contributed by atoms with E-state index < -0.39 is 15.8 Å². The Morgan fingerprint density at radius 2 is 1.75 bits per heavy atom. The number of nitrogens with zero attached hydrogens (tertiary/aromatic N) is 1. The summed E-state index contributed by atoms with van der Waals surface area (Å²) in [6, 6.07) is 9.76. The van der Waals surface area contributed by atoms with Crippen molar-refractivity contribution in [3.05, 3.63) is 48.3 Å². The monoisotopic (exact) mass is 295 g/mol. The van der Waals surface area contributed by atoms with Gasteiger partial charge in [-0.3, -0.25) is 0 Å². The number of hydrogen-bond donors (Lipinski definition) is 1. The summed E-state index contributed by atoms with van der Waals surface area (Å²) in [5.74, 6) is -0.880. The number of phenolic OH excluding ortho intramolecular Hbond substituents is 1. The number of phenols is 1. The third-order valence-electron chi connectivity index (χ3n) is 2.84. The molecule has 0 unspecified atom stereocenters. The minimum Gasteiger partial charge on any atom is -0.508 e. The van der Waals surface area contributed by atoms with Gasteiger partial charge in [0, 0.05) is 25.7 Å². The fourth-order valence-corrected chi connectivity index (χ4v) is 2.96. The molecule has 4 nitrogen and oxygen atoms in total. The second kappa shape index (κ2) is 5.22. The van der Waals surface area contributed by atoms with E-state index in [1.807, 2.05) is 0 Å². The van der Waals surface area contributed by atoms with Crippen LogP contribution in [0.4, 0.5) is 4.39 Å². The van der Waals surface area contributed by atoms with Crippen LogP contribution in [0.2, 0.25) is 0 Å². The molecular weight excluding hydrogens is 281 g/mol. The lowest BCUT2D eigenvalue weighted by atomic mass is 10.1. The van der Waals surface area contributed by atoms with Crippen molar-refractivity contribution < 1.29 is 17.9 Å². The van der Waals surface area contributed by atoms with E-state index in [-0.39, 0.29) is 10.6 Å². The van der Waals surface area contributed by atoms with Crippen LogP contribution in [-0.4, -0.2) is 31.9 Å². The predicted molar refractivity (Wildman–Crippen MR) is 74.4 cm³/mol. The summed E-state index contributed by atoms with van der Waals surface area (Å²) >= 11 is 0. The number of aromatic hydroxyl groups is 1. The van der Waals surface area contributed by atoms with Crippen LogP contribution in [0.15, 0.2) is 47.4 Å². The van der Waals surface area contributed by atoms with Crippen LogP contribution in [0, 0.1) is 5.82 Å². The first kappa shape index (κ1) is 14.5. The van der Waals surface area contributed by atoms with Crippen LogP contribution < -0.4 is 0 Å². The van der Waals surface area contributed by atoms with Crippen molar-refractivity contribution in [3.63, 3.8) is 0 Å². The maximum atomic E-state index is 13.4. The zero-order valence-corrected chi connectivity index (χ0v) is 11.9. The molecule has 0 bridgehead atoms. The molecule has 20 heavy (non-hydrogen) atoms. The van der Waals surface area contributed by atoms with Crippen molar-refractivity contribution in [3.8, 4) is 16.9 Å². The number of rotatable bonds is 3. The summed E-state index contributed by atoms with van der Waals surface area (Å²) in [5, 5.41) is 9.46. The van der Waals surface area contributed by atoms with Crippen molar-refractivity contribution in [2.45, 2.75) is 4.90 Å². The maximum absolute atomic E-state index is 13.4. The van der Waals surface area contributed by atoms with E-state index in [0.717, 1.165) is 10.4 Å². The predicted octanol–water partition coefficient (Wildman–Crippen LogP) is 2.45. The van der Waals surface area contributed by atoms with Crippen LogP contribution in [0.25, 0.3) is 11.1 Å². The smallest absolute Gasteiger partial charge is 0.243 e. The number of hydrogen-bond acceptors (Lipinski definition) is 3. The zero-order chi connectivity index (χ0) is 14.9. The van der Waals surface area contributed by atoms with Gasteiger partial charge in [0.1, 0.15) is 11.6 Å². The Morgan fingerprint density at radius 3 is 2.35 bits per heavy atom.